The molecule has 1 amide bonds. The second-order valence-electron chi connectivity index (χ2n) is 4.05. The minimum Gasteiger partial charge on any atom is -0.369 e. The van der Waals surface area contributed by atoms with E-state index in [9.17, 15) is 4.79 Å². The van der Waals surface area contributed by atoms with Crippen molar-refractivity contribution >= 4 is 5.91 Å². The zero-order chi connectivity index (χ0) is 10.7. The molecule has 0 radical (unpaired) electrons. The highest BCUT2D eigenvalue weighted by molar-refractivity contribution is 5.75. The molecule has 1 heterocycles. The number of amides is 1. The molecule has 2 N–H and O–H groups in total. The van der Waals surface area contributed by atoms with Crippen LogP contribution in [0.5, 0.6) is 0 Å². The molecule has 2 rings (SSSR count). The quantitative estimate of drug-likeness (QED) is 0.778. The zero-order valence-corrected chi connectivity index (χ0v) is 8.78. The highest BCUT2D eigenvalue weighted by atomic mass is 16.1. The molecule has 0 saturated heterocycles. The van der Waals surface area contributed by atoms with Gasteiger partial charge in [-0.15, -0.1) is 0 Å². The zero-order valence-electron chi connectivity index (χ0n) is 8.78. The van der Waals surface area contributed by atoms with Crippen LogP contribution in [-0.2, 0) is 17.8 Å². The van der Waals surface area contributed by atoms with Crippen molar-refractivity contribution in [3.63, 3.8) is 0 Å². The molecule has 15 heavy (non-hydrogen) atoms. The van der Waals surface area contributed by atoms with Gasteiger partial charge < -0.3 is 5.73 Å². The molecule has 3 heteroatoms. The van der Waals surface area contributed by atoms with Crippen LogP contribution in [0.3, 0.4) is 0 Å². The summed E-state index contributed by atoms with van der Waals surface area (Å²) in [5.41, 5.74) is 7.95. The average molecular weight is 204 g/mol. The number of carbonyl (C=O) groups is 1. The number of nitrogens with zero attached hydrogens (tertiary/aromatic N) is 1. The van der Waals surface area contributed by atoms with E-state index in [1.165, 1.54) is 11.1 Å². The van der Waals surface area contributed by atoms with Crippen molar-refractivity contribution in [1.29, 1.82) is 0 Å². The van der Waals surface area contributed by atoms with Gasteiger partial charge in [0.15, 0.2) is 0 Å². The number of rotatable bonds is 2. The summed E-state index contributed by atoms with van der Waals surface area (Å²) in [6, 6.07) is 8.42. The van der Waals surface area contributed by atoms with Crippen LogP contribution in [0.1, 0.15) is 17.5 Å². The summed E-state index contributed by atoms with van der Waals surface area (Å²) in [4.78, 5) is 13.0. The fourth-order valence-electron chi connectivity index (χ4n) is 2.12. The Labute approximate surface area is 89.9 Å². The van der Waals surface area contributed by atoms with Gasteiger partial charge in [0.2, 0.25) is 5.91 Å². The number of hydrogen-bond donors (Lipinski definition) is 1. The standard InChI is InChI=1S/C12H16N2O/c13-12(15)9-14-7-3-6-10-4-1-2-5-11(10)8-14/h1-2,4-5H,3,6-9H2,(H2,13,15). The first-order valence-corrected chi connectivity index (χ1v) is 5.33. The molecule has 0 fully saturated rings. The van der Waals surface area contributed by atoms with Crippen molar-refractivity contribution in [2.45, 2.75) is 19.4 Å². The topological polar surface area (TPSA) is 46.3 Å². The summed E-state index contributed by atoms with van der Waals surface area (Å²) in [5, 5.41) is 0. The van der Waals surface area contributed by atoms with E-state index in [4.69, 9.17) is 5.73 Å². The SMILES string of the molecule is NC(=O)CN1CCCc2ccccc2C1. The fraction of sp³-hybridized carbons (Fsp3) is 0.417. The highest BCUT2D eigenvalue weighted by Crippen LogP contribution is 2.17. The Bertz CT molecular complexity index is 362. The minimum absolute atomic E-state index is 0.241. The number of aryl methyl sites for hydroxylation is 1. The van der Waals surface area contributed by atoms with E-state index in [1.54, 1.807) is 0 Å². The van der Waals surface area contributed by atoms with E-state index in [2.05, 4.69) is 23.1 Å². The number of carbonyl (C=O) groups excluding carboxylic acids is 1. The number of benzene rings is 1. The van der Waals surface area contributed by atoms with Gasteiger partial charge >= 0.3 is 0 Å². The Hall–Kier alpha value is -1.35. The van der Waals surface area contributed by atoms with Gasteiger partial charge in [-0.3, -0.25) is 9.69 Å². The van der Waals surface area contributed by atoms with Crippen LogP contribution < -0.4 is 5.73 Å². The summed E-state index contributed by atoms with van der Waals surface area (Å²) in [5.74, 6) is -0.241. The van der Waals surface area contributed by atoms with Crippen LogP contribution in [0.15, 0.2) is 24.3 Å². The Morgan fingerprint density at radius 1 is 1.33 bits per heavy atom. The molecule has 80 valence electrons. The minimum atomic E-state index is -0.241. The average Bonchev–Trinajstić information content (AvgIpc) is 2.38. The third-order valence-corrected chi connectivity index (χ3v) is 2.81. The molecule has 0 aromatic heterocycles. The van der Waals surface area contributed by atoms with Crippen LogP contribution in [0.4, 0.5) is 0 Å². The molecule has 1 aromatic carbocycles. The molecule has 0 atom stereocenters. The van der Waals surface area contributed by atoms with Gasteiger partial charge in [-0.25, -0.2) is 0 Å². The van der Waals surface area contributed by atoms with Gasteiger partial charge in [0.1, 0.15) is 0 Å². The van der Waals surface area contributed by atoms with Crippen molar-refractivity contribution in [2.24, 2.45) is 5.73 Å². The third kappa shape index (κ3) is 2.57. The van der Waals surface area contributed by atoms with Gasteiger partial charge in [-0.05, 0) is 30.5 Å². The molecular formula is C12H16N2O. The van der Waals surface area contributed by atoms with E-state index in [0.717, 1.165) is 25.9 Å². The fourth-order valence-corrected chi connectivity index (χ4v) is 2.12. The molecule has 0 aliphatic carbocycles. The predicted octanol–water partition coefficient (Wildman–Crippen LogP) is 0.920. The predicted molar refractivity (Wildman–Crippen MR) is 59.2 cm³/mol. The molecule has 1 aliphatic rings. The van der Waals surface area contributed by atoms with E-state index in [0.29, 0.717) is 6.54 Å². The van der Waals surface area contributed by atoms with E-state index in [1.807, 2.05) is 6.07 Å². The van der Waals surface area contributed by atoms with Crippen molar-refractivity contribution in [1.82, 2.24) is 4.90 Å². The Morgan fingerprint density at radius 3 is 2.80 bits per heavy atom. The molecule has 3 nitrogen and oxygen atoms in total. The summed E-state index contributed by atoms with van der Waals surface area (Å²) >= 11 is 0. The Balaban J connectivity index is 2.13. The van der Waals surface area contributed by atoms with Crippen molar-refractivity contribution in [2.75, 3.05) is 13.1 Å². The maximum absolute atomic E-state index is 10.9. The molecule has 0 saturated carbocycles. The molecular weight excluding hydrogens is 188 g/mol. The van der Waals surface area contributed by atoms with Crippen LogP contribution in [0.25, 0.3) is 0 Å². The number of primary amides is 1. The van der Waals surface area contributed by atoms with Crippen molar-refractivity contribution < 1.29 is 4.79 Å². The normalized spacial score (nSPS) is 16.8. The van der Waals surface area contributed by atoms with Gasteiger partial charge in [0.25, 0.3) is 0 Å². The van der Waals surface area contributed by atoms with E-state index >= 15 is 0 Å². The monoisotopic (exact) mass is 204 g/mol. The van der Waals surface area contributed by atoms with Gasteiger partial charge in [-0.2, -0.15) is 0 Å². The van der Waals surface area contributed by atoms with E-state index < -0.39 is 0 Å². The maximum Gasteiger partial charge on any atom is 0.231 e. The summed E-state index contributed by atoms with van der Waals surface area (Å²) in [6.07, 6.45) is 2.20. The lowest BCUT2D eigenvalue weighted by molar-refractivity contribution is -0.119. The summed E-state index contributed by atoms with van der Waals surface area (Å²) in [7, 11) is 0. The lowest BCUT2D eigenvalue weighted by Crippen LogP contribution is -2.33. The molecule has 0 spiro atoms. The van der Waals surface area contributed by atoms with Crippen LogP contribution in [0, 0.1) is 0 Å². The Morgan fingerprint density at radius 2 is 2.07 bits per heavy atom. The van der Waals surface area contributed by atoms with Gasteiger partial charge in [0.05, 0.1) is 6.54 Å². The first-order chi connectivity index (χ1) is 7.25. The Kier molecular flexibility index (Phi) is 3.02. The second kappa shape index (κ2) is 4.45. The first kappa shape index (κ1) is 10.2. The number of hydrogen-bond acceptors (Lipinski definition) is 2. The van der Waals surface area contributed by atoms with Crippen LogP contribution in [0.2, 0.25) is 0 Å². The smallest absolute Gasteiger partial charge is 0.231 e. The van der Waals surface area contributed by atoms with E-state index in [-0.39, 0.29) is 5.91 Å². The van der Waals surface area contributed by atoms with Crippen molar-refractivity contribution in [3.8, 4) is 0 Å². The molecule has 0 bridgehead atoms. The lowest BCUT2D eigenvalue weighted by atomic mass is 10.0. The summed E-state index contributed by atoms with van der Waals surface area (Å²) < 4.78 is 0. The molecule has 1 aliphatic heterocycles. The largest absolute Gasteiger partial charge is 0.369 e. The molecule has 0 unspecified atom stereocenters. The lowest BCUT2D eigenvalue weighted by Gasteiger charge is -2.18. The highest BCUT2D eigenvalue weighted by Gasteiger charge is 2.14. The van der Waals surface area contributed by atoms with Gasteiger partial charge in [0, 0.05) is 6.54 Å². The van der Waals surface area contributed by atoms with Crippen LogP contribution in [-0.4, -0.2) is 23.9 Å². The molecule has 1 aromatic rings. The number of nitrogens with two attached hydrogens (primary N) is 1. The maximum atomic E-state index is 10.9. The van der Waals surface area contributed by atoms with Gasteiger partial charge in [-0.1, -0.05) is 24.3 Å². The van der Waals surface area contributed by atoms with Crippen LogP contribution >= 0.6 is 0 Å². The number of fused-ring (bicyclic) bond motifs is 1. The third-order valence-electron chi connectivity index (χ3n) is 2.81. The second-order valence-corrected chi connectivity index (χ2v) is 4.05. The van der Waals surface area contributed by atoms with Crippen molar-refractivity contribution in [3.05, 3.63) is 35.4 Å². The first-order valence-electron chi connectivity index (χ1n) is 5.33. The summed E-state index contributed by atoms with van der Waals surface area (Å²) in [6.45, 7) is 2.17.